The molecule has 0 unspecified atom stereocenters. The van der Waals surface area contributed by atoms with E-state index in [0.29, 0.717) is 26.9 Å². The van der Waals surface area contributed by atoms with Gasteiger partial charge in [0.05, 0.1) is 16.5 Å². The van der Waals surface area contributed by atoms with Gasteiger partial charge in [0.1, 0.15) is 0 Å². The van der Waals surface area contributed by atoms with Crippen LogP contribution in [-0.4, -0.2) is 17.7 Å². The van der Waals surface area contributed by atoms with E-state index in [1.54, 1.807) is 54.6 Å². The third-order valence-electron chi connectivity index (χ3n) is 4.46. The molecule has 0 saturated carbocycles. The second kappa shape index (κ2) is 10.1. The van der Waals surface area contributed by atoms with E-state index in [2.05, 4.69) is 16.2 Å². The predicted molar refractivity (Wildman–Crippen MR) is 121 cm³/mol. The van der Waals surface area contributed by atoms with Gasteiger partial charge in [-0.2, -0.15) is 0 Å². The molecule has 3 aromatic carbocycles. The third kappa shape index (κ3) is 6.07. The second-order valence-electron chi connectivity index (χ2n) is 6.77. The highest BCUT2D eigenvalue weighted by molar-refractivity contribution is 6.42. The molecule has 3 amide bonds. The van der Waals surface area contributed by atoms with E-state index >= 15 is 0 Å². The molecule has 8 heteroatoms. The smallest absolute Gasteiger partial charge is 0.269 e. The van der Waals surface area contributed by atoms with E-state index in [1.807, 2.05) is 19.1 Å². The molecule has 0 atom stereocenters. The second-order valence-corrected chi connectivity index (χ2v) is 7.59. The van der Waals surface area contributed by atoms with Gasteiger partial charge in [0, 0.05) is 16.8 Å². The van der Waals surface area contributed by atoms with E-state index < -0.39 is 11.8 Å². The van der Waals surface area contributed by atoms with Crippen LogP contribution in [0.4, 0.5) is 5.69 Å². The van der Waals surface area contributed by atoms with E-state index in [9.17, 15) is 14.4 Å². The number of rotatable bonds is 5. The molecule has 0 aliphatic heterocycles. The molecule has 0 radical (unpaired) electrons. The first-order chi connectivity index (χ1) is 14.8. The van der Waals surface area contributed by atoms with Crippen molar-refractivity contribution in [1.29, 1.82) is 0 Å². The Morgan fingerprint density at radius 2 is 1.48 bits per heavy atom. The maximum Gasteiger partial charge on any atom is 0.269 e. The largest absolute Gasteiger partial charge is 0.326 e. The maximum absolute atomic E-state index is 12.3. The molecule has 0 heterocycles. The molecular formula is C23H19Cl2N3O3. The number of hydrogen-bond acceptors (Lipinski definition) is 3. The number of anilines is 1. The Labute approximate surface area is 189 Å². The van der Waals surface area contributed by atoms with Crippen molar-refractivity contribution < 1.29 is 14.4 Å². The van der Waals surface area contributed by atoms with E-state index in [1.165, 1.54) is 0 Å². The molecule has 3 N–H and O–H groups in total. The number of halogens is 2. The molecule has 31 heavy (non-hydrogen) atoms. The number of hydrazine groups is 1. The normalized spacial score (nSPS) is 10.3. The highest BCUT2D eigenvalue weighted by atomic mass is 35.5. The van der Waals surface area contributed by atoms with Crippen LogP contribution >= 0.6 is 23.2 Å². The number of carbonyl (C=O) groups is 3. The van der Waals surface area contributed by atoms with Crippen LogP contribution in [0.15, 0.2) is 66.7 Å². The van der Waals surface area contributed by atoms with Gasteiger partial charge in [-0.3, -0.25) is 25.2 Å². The summed E-state index contributed by atoms with van der Waals surface area (Å²) >= 11 is 11.8. The summed E-state index contributed by atoms with van der Waals surface area (Å²) in [6, 6.07) is 18.4. The van der Waals surface area contributed by atoms with Crippen molar-refractivity contribution in [2.75, 3.05) is 5.32 Å². The fourth-order valence-electron chi connectivity index (χ4n) is 2.83. The number of benzene rings is 3. The van der Waals surface area contributed by atoms with Crippen molar-refractivity contribution >= 4 is 46.6 Å². The zero-order valence-corrected chi connectivity index (χ0v) is 18.1. The predicted octanol–water partition coefficient (Wildman–Crippen LogP) is 4.56. The van der Waals surface area contributed by atoms with Gasteiger partial charge < -0.3 is 5.32 Å². The molecule has 0 bridgehead atoms. The molecule has 158 valence electrons. The standard InChI is InChI=1S/C23H19Cl2N3O3/c1-14-4-2-3-5-18(14)23(31)28-27-22(30)16-7-9-17(10-8-16)26-21(29)13-15-6-11-19(24)20(25)12-15/h2-12H,13H2,1H3,(H,26,29)(H,27,30)(H,28,31). The molecule has 0 aliphatic carbocycles. The summed E-state index contributed by atoms with van der Waals surface area (Å²) in [7, 11) is 0. The van der Waals surface area contributed by atoms with Crippen LogP contribution in [0.25, 0.3) is 0 Å². The number of amides is 3. The minimum absolute atomic E-state index is 0.129. The van der Waals surface area contributed by atoms with E-state index in [-0.39, 0.29) is 12.3 Å². The highest BCUT2D eigenvalue weighted by Gasteiger charge is 2.11. The highest BCUT2D eigenvalue weighted by Crippen LogP contribution is 2.23. The first kappa shape index (κ1) is 22.3. The molecule has 3 aromatic rings. The number of carbonyl (C=O) groups excluding carboxylic acids is 3. The Bertz CT molecular complexity index is 1130. The van der Waals surface area contributed by atoms with Gasteiger partial charge in [-0.25, -0.2) is 0 Å². The zero-order valence-electron chi connectivity index (χ0n) is 16.5. The minimum atomic E-state index is -0.476. The lowest BCUT2D eigenvalue weighted by Crippen LogP contribution is -2.41. The average molecular weight is 456 g/mol. The average Bonchev–Trinajstić information content (AvgIpc) is 2.75. The summed E-state index contributed by atoms with van der Waals surface area (Å²) in [5.74, 6) is -1.12. The summed E-state index contributed by atoms with van der Waals surface area (Å²) in [4.78, 5) is 36.7. The molecule has 0 spiro atoms. The Balaban J connectivity index is 1.53. The third-order valence-corrected chi connectivity index (χ3v) is 5.20. The number of aryl methyl sites for hydroxylation is 1. The van der Waals surface area contributed by atoms with Gasteiger partial charge in [-0.1, -0.05) is 47.5 Å². The van der Waals surface area contributed by atoms with Crippen LogP contribution < -0.4 is 16.2 Å². The van der Waals surface area contributed by atoms with Crippen LogP contribution in [0.2, 0.25) is 10.0 Å². The fourth-order valence-corrected chi connectivity index (χ4v) is 3.15. The Morgan fingerprint density at radius 3 is 2.16 bits per heavy atom. The van der Waals surface area contributed by atoms with Crippen molar-refractivity contribution in [2.45, 2.75) is 13.3 Å². The van der Waals surface area contributed by atoms with Crippen LogP contribution in [-0.2, 0) is 11.2 Å². The summed E-state index contributed by atoms with van der Waals surface area (Å²) < 4.78 is 0. The lowest BCUT2D eigenvalue weighted by atomic mass is 10.1. The van der Waals surface area contributed by atoms with Gasteiger partial charge in [-0.15, -0.1) is 0 Å². The molecule has 0 saturated heterocycles. The number of hydrogen-bond donors (Lipinski definition) is 3. The lowest BCUT2D eigenvalue weighted by molar-refractivity contribution is -0.115. The van der Waals surface area contributed by atoms with Crippen molar-refractivity contribution in [3.63, 3.8) is 0 Å². The Hall–Kier alpha value is -3.35. The van der Waals surface area contributed by atoms with E-state index in [0.717, 1.165) is 11.1 Å². The van der Waals surface area contributed by atoms with Gasteiger partial charge in [0.2, 0.25) is 5.91 Å². The summed E-state index contributed by atoms with van der Waals surface area (Å²) in [5.41, 5.74) is 7.63. The van der Waals surface area contributed by atoms with Crippen molar-refractivity contribution in [3.8, 4) is 0 Å². The van der Waals surface area contributed by atoms with Crippen molar-refractivity contribution in [3.05, 3.63) is 99.0 Å². The molecule has 0 aliphatic rings. The molecular weight excluding hydrogens is 437 g/mol. The monoisotopic (exact) mass is 455 g/mol. The van der Waals surface area contributed by atoms with Gasteiger partial charge >= 0.3 is 0 Å². The van der Waals surface area contributed by atoms with Crippen LogP contribution in [0, 0.1) is 6.92 Å². The topological polar surface area (TPSA) is 87.3 Å². The number of nitrogens with one attached hydrogen (secondary N) is 3. The molecule has 0 fully saturated rings. The molecule has 6 nitrogen and oxygen atoms in total. The summed E-state index contributed by atoms with van der Waals surface area (Å²) in [6.45, 7) is 1.81. The Morgan fingerprint density at radius 1 is 0.806 bits per heavy atom. The van der Waals surface area contributed by atoms with Gasteiger partial charge in [0.25, 0.3) is 11.8 Å². The van der Waals surface area contributed by atoms with Gasteiger partial charge in [0.15, 0.2) is 0 Å². The maximum atomic E-state index is 12.3. The molecule has 3 rings (SSSR count). The molecule has 0 aromatic heterocycles. The van der Waals surface area contributed by atoms with Crippen molar-refractivity contribution in [1.82, 2.24) is 10.9 Å². The zero-order chi connectivity index (χ0) is 22.4. The van der Waals surface area contributed by atoms with Crippen LogP contribution in [0.3, 0.4) is 0 Å². The first-order valence-corrected chi connectivity index (χ1v) is 10.1. The van der Waals surface area contributed by atoms with Crippen LogP contribution in [0.5, 0.6) is 0 Å². The van der Waals surface area contributed by atoms with Gasteiger partial charge in [-0.05, 0) is 60.5 Å². The quantitative estimate of drug-likeness (QED) is 0.492. The van der Waals surface area contributed by atoms with E-state index in [4.69, 9.17) is 23.2 Å². The minimum Gasteiger partial charge on any atom is -0.326 e. The van der Waals surface area contributed by atoms with Crippen LogP contribution in [0.1, 0.15) is 31.8 Å². The summed E-state index contributed by atoms with van der Waals surface area (Å²) in [6.07, 6.45) is 0.129. The lowest BCUT2D eigenvalue weighted by Gasteiger charge is -2.10. The Kier molecular flexibility index (Phi) is 7.28. The first-order valence-electron chi connectivity index (χ1n) is 9.33. The summed E-state index contributed by atoms with van der Waals surface area (Å²) in [5, 5.41) is 3.56. The fraction of sp³-hybridized carbons (Fsp3) is 0.0870. The SMILES string of the molecule is Cc1ccccc1C(=O)NNC(=O)c1ccc(NC(=O)Cc2ccc(Cl)c(Cl)c2)cc1. The van der Waals surface area contributed by atoms with Crippen molar-refractivity contribution in [2.24, 2.45) is 0 Å².